The number of nitrogens with zero attached hydrogens (tertiary/aromatic N) is 2. The van der Waals surface area contributed by atoms with Gasteiger partial charge < -0.3 is 10.2 Å². The summed E-state index contributed by atoms with van der Waals surface area (Å²) < 4.78 is 27.0. The van der Waals surface area contributed by atoms with E-state index in [9.17, 15) is 18.0 Å². The number of benzene rings is 1. The highest BCUT2D eigenvalue weighted by Crippen LogP contribution is 2.33. The molecule has 2 amide bonds. The Hall–Kier alpha value is -2.23. The van der Waals surface area contributed by atoms with Gasteiger partial charge in [0.25, 0.3) is 10.0 Å². The van der Waals surface area contributed by atoms with Crippen LogP contribution in [0.3, 0.4) is 0 Å². The van der Waals surface area contributed by atoms with Crippen LogP contribution in [0, 0.1) is 5.92 Å². The van der Waals surface area contributed by atoms with Gasteiger partial charge in [-0.05, 0) is 36.4 Å². The van der Waals surface area contributed by atoms with Crippen molar-refractivity contribution in [1.82, 2.24) is 4.31 Å². The van der Waals surface area contributed by atoms with Gasteiger partial charge >= 0.3 is 0 Å². The van der Waals surface area contributed by atoms with Gasteiger partial charge in [-0.2, -0.15) is 4.31 Å². The van der Waals surface area contributed by atoms with Crippen LogP contribution in [0.2, 0.25) is 0 Å². The molecule has 0 aliphatic carbocycles. The number of piperidine rings is 1. The van der Waals surface area contributed by atoms with Crippen molar-refractivity contribution in [2.24, 2.45) is 5.92 Å². The summed E-state index contributed by atoms with van der Waals surface area (Å²) in [5.41, 5.74) is 1.32. The van der Waals surface area contributed by atoms with Gasteiger partial charge in [0.2, 0.25) is 11.8 Å². The van der Waals surface area contributed by atoms with Crippen LogP contribution in [0.1, 0.15) is 12.8 Å². The summed E-state index contributed by atoms with van der Waals surface area (Å²) in [5, 5.41) is 4.51. The van der Waals surface area contributed by atoms with E-state index in [0.717, 1.165) is 0 Å². The average Bonchev–Trinajstić information content (AvgIpc) is 3.22. The topological polar surface area (TPSA) is 86.8 Å². The molecule has 1 saturated heterocycles. The number of hydrogen-bond acceptors (Lipinski definition) is 5. The van der Waals surface area contributed by atoms with Crippen LogP contribution in [0.4, 0.5) is 11.4 Å². The van der Waals surface area contributed by atoms with E-state index < -0.39 is 10.0 Å². The normalized spacial score (nSPS) is 18.8. The summed E-state index contributed by atoms with van der Waals surface area (Å²) in [5.74, 6) is -0.635. The minimum atomic E-state index is -3.49. The summed E-state index contributed by atoms with van der Waals surface area (Å²) in [6.07, 6.45) is 0.896. The van der Waals surface area contributed by atoms with E-state index in [1.165, 1.54) is 20.5 Å². The van der Waals surface area contributed by atoms with Crippen LogP contribution in [0.15, 0.2) is 46.0 Å². The van der Waals surface area contributed by atoms with Gasteiger partial charge in [-0.25, -0.2) is 8.42 Å². The van der Waals surface area contributed by atoms with E-state index in [1.807, 2.05) is 12.1 Å². The smallest absolute Gasteiger partial charge is 0.252 e. The maximum absolute atomic E-state index is 13.0. The standard InChI is InChI=1S/C18H19N3O4S2/c22-16-12-21(15-5-2-1-4-14(15)19-16)18(23)13-7-9-20(10-8-13)27(24,25)17-6-3-11-26-17/h1-6,11,13H,7-10,12H2,(H,19,22). The van der Waals surface area contributed by atoms with E-state index in [2.05, 4.69) is 5.32 Å². The molecule has 142 valence electrons. The Morgan fingerprint density at radius 1 is 1.11 bits per heavy atom. The van der Waals surface area contributed by atoms with Gasteiger partial charge in [-0.1, -0.05) is 18.2 Å². The monoisotopic (exact) mass is 405 g/mol. The highest BCUT2D eigenvalue weighted by molar-refractivity contribution is 7.91. The third-order valence-electron chi connectivity index (χ3n) is 4.93. The van der Waals surface area contributed by atoms with Crippen molar-refractivity contribution in [3.05, 3.63) is 41.8 Å². The third-order valence-corrected chi connectivity index (χ3v) is 8.20. The van der Waals surface area contributed by atoms with Gasteiger partial charge in [-0.15, -0.1) is 11.3 Å². The number of anilines is 2. The molecular weight excluding hydrogens is 386 g/mol. The number of nitrogens with one attached hydrogen (secondary N) is 1. The fraction of sp³-hybridized carbons (Fsp3) is 0.333. The molecule has 0 bridgehead atoms. The number of fused-ring (bicyclic) bond motifs is 1. The highest BCUT2D eigenvalue weighted by atomic mass is 32.2. The first-order valence-electron chi connectivity index (χ1n) is 8.71. The number of carbonyl (C=O) groups excluding carboxylic acids is 2. The number of para-hydroxylation sites is 2. The molecule has 1 aromatic heterocycles. The minimum Gasteiger partial charge on any atom is -0.323 e. The van der Waals surface area contributed by atoms with Gasteiger partial charge in [0.15, 0.2) is 0 Å². The van der Waals surface area contributed by atoms with Crippen molar-refractivity contribution in [3.63, 3.8) is 0 Å². The number of hydrogen-bond donors (Lipinski definition) is 1. The van der Waals surface area contributed by atoms with Crippen LogP contribution < -0.4 is 10.2 Å². The molecule has 1 aromatic carbocycles. The predicted octanol–water partition coefficient (Wildman–Crippen LogP) is 2.13. The lowest BCUT2D eigenvalue weighted by Gasteiger charge is -2.35. The summed E-state index contributed by atoms with van der Waals surface area (Å²) in [6, 6.07) is 10.5. The zero-order valence-electron chi connectivity index (χ0n) is 14.5. The Morgan fingerprint density at radius 3 is 2.56 bits per heavy atom. The zero-order valence-corrected chi connectivity index (χ0v) is 16.1. The lowest BCUT2D eigenvalue weighted by Crippen LogP contribution is -2.48. The zero-order chi connectivity index (χ0) is 19.0. The van der Waals surface area contributed by atoms with E-state index in [1.54, 1.807) is 29.6 Å². The van der Waals surface area contributed by atoms with Gasteiger partial charge in [0.1, 0.15) is 10.8 Å². The lowest BCUT2D eigenvalue weighted by atomic mass is 9.95. The minimum absolute atomic E-state index is 0.0104. The number of thiophene rings is 1. The van der Waals surface area contributed by atoms with Crippen molar-refractivity contribution in [3.8, 4) is 0 Å². The van der Waals surface area contributed by atoms with Crippen LogP contribution in [-0.4, -0.2) is 44.2 Å². The molecule has 0 unspecified atom stereocenters. The molecule has 27 heavy (non-hydrogen) atoms. The third kappa shape index (κ3) is 3.38. The average molecular weight is 406 g/mol. The SMILES string of the molecule is O=C1CN(C(=O)C2CCN(S(=O)(=O)c3cccs3)CC2)c2ccccc2N1. The lowest BCUT2D eigenvalue weighted by molar-refractivity contribution is -0.125. The Kier molecular flexibility index (Phi) is 4.75. The number of carbonyl (C=O) groups is 2. The Morgan fingerprint density at radius 2 is 1.85 bits per heavy atom. The Bertz CT molecular complexity index is 964. The van der Waals surface area contributed by atoms with E-state index in [4.69, 9.17) is 0 Å². The van der Waals surface area contributed by atoms with Crippen molar-refractivity contribution >= 4 is 44.5 Å². The second-order valence-electron chi connectivity index (χ2n) is 6.60. The molecule has 2 aliphatic heterocycles. The maximum atomic E-state index is 13.0. The fourth-order valence-corrected chi connectivity index (χ4v) is 6.15. The number of amides is 2. The summed E-state index contributed by atoms with van der Waals surface area (Å²) in [4.78, 5) is 26.5. The van der Waals surface area contributed by atoms with E-state index in [-0.39, 0.29) is 24.3 Å². The first kappa shape index (κ1) is 18.1. The molecule has 0 saturated carbocycles. The van der Waals surface area contributed by atoms with Crippen LogP contribution in [-0.2, 0) is 19.6 Å². The quantitative estimate of drug-likeness (QED) is 0.848. The molecule has 2 aromatic rings. The van der Waals surface area contributed by atoms with Crippen molar-refractivity contribution in [2.75, 3.05) is 29.9 Å². The largest absolute Gasteiger partial charge is 0.323 e. The second kappa shape index (κ2) is 7.06. The molecule has 9 heteroatoms. The molecule has 1 N–H and O–H groups in total. The first-order valence-corrected chi connectivity index (χ1v) is 11.0. The van der Waals surface area contributed by atoms with Crippen molar-refractivity contribution in [1.29, 1.82) is 0 Å². The van der Waals surface area contributed by atoms with Gasteiger partial charge in [0.05, 0.1) is 11.4 Å². The van der Waals surface area contributed by atoms with E-state index in [0.29, 0.717) is 41.5 Å². The van der Waals surface area contributed by atoms with E-state index >= 15 is 0 Å². The molecular formula is C18H19N3O4S2. The fourth-order valence-electron chi connectivity index (χ4n) is 3.53. The highest BCUT2D eigenvalue weighted by Gasteiger charge is 2.36. The summed E-state index contributed by atoms with van der Waals surface area (Å²) in [6.45, 7) is 0.597. The Balaban J connectivity index is 1.48. The first-order chi connectivity index (χ1) is 13.0. The second-order valence-corrected chi connectivity index (χ2v) is 9.71. The molecule has 2 aliphatic rings. The maximum Gasteiger partial charge on any atom is 0.252 e. The molecule has 0 spiro atoms. The van der Waals surface area contributed by atoms with Crippen LogP contribution in [0.5, 0.6) is 0 Å². The van der Waals surface area contributed by atoms with Crippen LogP contribution in [0.25, 0.3) is 0 Å². The summed E-state index contributed by atoms with van der Waals surface area (Å²) >= 11 is 1.20. The van der Waals surface area contributed by atoms with Crippen molar-refractivity contribution < 1.29 is 18.0 Å². The molecule has 3 heterocycles. The number of rotatable bonds is 3. The molecule has 0 radical (unpaired) electrons. The molecule has 4 rings (SSSR count). The molecule has 7 nitrogen and oxygen atoms in total. The van der Waals surface area contributed by atoms with Crippen molar-refractivity contribution in [2.45, 2.75) is 17.1 Å². The summed E-state index contributed by atoms with van der Waals surface area (Å²) in [7, 11) is -3.49. The van der Waals surface area contributed by atoms with Crippen LogP contribution >= 0.6 is 11.3 Å². The Labute approximate surface area is 161 Å². The number of sulfonamides is 1. The predicted molar refractivity (Wildman–Crippen MR) is 103 cm³/mol. The van der Waals surface area contributed by atoms with Gasteiger partial charge in [-0.3, -0.25) is 9.59 Å². The van der Waals surface area contributed by atoms with Gasteiger partial charge in [0, 0.05) is 19.0 Å². The molecule has 0 atom stereocenters. The molecule has 1 fully saturated rings.